The number of benzene rings is 1. The van der Waals surface area contributed by atoms with Crippen molar-refractivity contribution in [2.24, 2.45) is 0 Å². The lowest BCUT2D eigenvalue weighted by Gasteiger charge is -2.10. The van der Waals surface area contributed by atoms with E-state index < -0.39 is 46.0 Å². The molecule has 1 rings (SSSR count). The van der Waals surface area contributed by atoms with Crippen LogP contribution < -0.4 is 15.4 Å². The molecule has 0 radical (unpaired) electrons. The molecular weight excluding hydrogens is 477 g/mol. The molecule has 0 unspecified atom stereocenters. The topological polar surface area (TPSA) is 131 Å². The largest absolute Gasteiger partial charge is 0.455 e. The summed E-state index contributed by atoms with van der Waals surface area (Å²) in [5.74, 6) is -1.91. The van der Waals surface area contributed by atoms with E-state index in [1.165, 1.54) is 12.1 Å². The highest BCUT2D eigenvalue weighted by molar-refractivity contribution is 9.10. The Morgan fingerprint density at radius 2 is 1.77 bits per heavy atom. The van der Waals surface area contributed by atoms with Crippen molar-refractivity contribution in [2.45, 2.75) is 11.8 Å². The average Bonchev–Trinajstić information content (AvgIpc) is 2.49. The number of esters is 1. The summed E-state index contributed by atoms with van der Waals surface area (Å²) in [6, 6.07) is 1.91. The molecule has 0 aliphatic carbocycles. The Balaban J connectivity index is 2.59. The quantitative estimate of drug-likeness (QED) is 0.495. The molecule has 1 aromatic rings. The zero-order valence-electron chi connectivity index (χ0n) is 13.3. The Bertz CT molecular complexity index is 795. The first kappa shape index (κ1) is 22.6. The van der Waals surface area contributed by atoms with Crippen LogP contribution in [0.25, 0.3) is 0 Å². The number of sulfonamides is 1. The maximum absolute atomic E-state index is 12.2. The van der Waals surface area contributed by atoms with Crippen molar-refractivity contribution in [1.82, 2.24) is 15.4 Å². The molecule has 0 heterocycles. The molecule has 0 atom stereocenters. The second kappa shape index (κ2) is 10.1. The number of ether oxygens (including phenoxy) is 1. The van der Waals surface area contributed by atoms with Gasteiger partial charge in [-0.15, -0.1) is 0 Å². The van der Waals surface area contributed by atoms with E-state index in [1.807, 2.05) is 10.0 Å². The molecule has 26 heavy (non-hydrogen) atoms. The smallest absolute Gasteiger partial charge is 0.321 e. The molecule has 3 N–H and O–H groups in total. The van der Waals surface area contributed by atoms with Crippen LogP contribution >= 0.6 is 39.1 Å². The van der Waals surface area contributed by atoms with Gasteiger partial charge in [0.05, 0.1) is 10.0 Å². The van der Waals surface area contributed by atoms with Gasteiger partial charge in [0.1, 0.15) is 11.4 Å². The summed E-state index contributed by atoms with van der Waals surface area (Å²) in [7, 11) is -4.20. The fraction of sp³-hybridized carbons (Fsp3) is 0.308. The molecule has 0 fully saturated rings. The van der Waals surface area contributed by atoms with Gasteiger partial charge in [-0.2, -0.15) is 4.72 Å². The third-order valence-corrected chi connectivity index (χ3v) is 5.37. The molecule has 0 saturated heterocycles. The fourth-order valence-electron chi connectivity index (χ4n) is 1.58. The Hall–Kier alpha value is -1.40. The van der Waals surface area contributed by atoms with Crippen LogP contribution in [-0.4, -0.2) is 46.0 Å². The van der Waals surface area contributed by atoms with Crippen LogP contribution in [0.4, 0.5) is 4.79 Å². The molecule has 0 aliphatic heterocycles. The number of nitrogens with one attached hydrogen (secondary N) is 3. The number of carbonyl (C=O) groups is 3. The number of imide groups is 1. The van der Waals surface area contributed by atoms with Crippen LogP contribution in [0.1, 0.15) is 6.92 Å². The first-order valence-electron chi connectivity index (χ1n) is 6.94. The molecule has 1 aromatic carbocycles. The highest BCUT2D eigenvalue weighted by atomic mass is 79.9. The van der Waals surface area contributed by atoms with Crippen molar-refractivity contribution in [1.29, 1.82) is 0 Å². The third kappa shape index (κ3) is 7.08. The van der Waals surface area contributed by atoms with Crippen LogP contribution in [0.3, 0.4) is 0 Å². The number of hydrogen-bond acceptors (Lipinski definition) is 6. The molecule has 0 aromatic heterocycles. The van der Waals surface area contributed by atoms with Crippen LogP contribution in [0.2, 0.25) is 10.0 Å². The van der Waals surface area contributed by atoms with Crippen molar-refractivity contribution in [3.63, 3.8) is 0 Å². The minimum atomic E-state index is -4.20. The highest BCUT2D eigenvalue weighted by Gasteiger charge is 2.23. The van der Waals surface area contributed by atoms with Crippen LogP contribution in [0.15, 0.2) is 21.5 Å². The van der Waals surface area contributed by atoms with Crippen molar-refractivity contribution in [3.05, 3.63) is 26.7 Å². The van der Waals surface area contributed by atoms with Crippen molar-refractivity contribution in [3.8, 4) is 0 Å². The van der Waals surface area contributed by atoms with Crippen LogP contribution in [-0.2, 0) is 24.3 Å². The monoisotopic (exact) mass is 489 g/mol. The predicted octanol–water partition coefficient (Wildman–Crippen LogP) is 1.42. The second-order valence-corrected chi connectivity index (χ2v) is 8.03. The van der Waals surface area contributed by atoms with Gasteiger partial charge in [-0.05, 0) is 19.1 Å². The molecule has 0 spiro atoms. The second-order valence-electron chi connectivity index (χ2n) is 4.59. The molecular formula is C13H14BrCl2N3O6S. The summed E-state index contributed by atoms with van der Waals surface area (Å²) < 4.78 is 31.4. The van der Waals surface area contributed by atoms with Crippen LogP contribution in [0.5, 0.6) is 0 Å². The predicted molar refractivity (Wildman–Crippen MR) is 97.5 cm³/mol. The minimum absolute atomic E-state index is 0.147. The van der Waals surface area contributed by atoms with E-state index in [-0.39, 0.29) is 10.0 Å². The first-order valence-corrected chi connectivity index (χ1v) is 9.97. The Kier molecular flexibility index (Phi) is 8.77. The van der Waals surface area contributed by atoms with E-state index in [0.717, 1.165) is 0 Å². The zero-order chi connectivity index (χ0) is 19.9. The van der Waals surface area contributed by atoms with Crippen molar-refractivity contribution < 1.29 is 27.5 Å². The molecule has 0 saturated carbocycles. The van der Waals surface area contributed by atoms with E-state index in [4.69, 9.17) is 23.2 Å². The molecule has 0 bridgehead atoms. The number of rotatable bonds is 7. The minimum Gasteiger partial charge on any atom is -0.455 e. The van der Waals surface area contributed by atoms with Crippen molar-refractivity contribution >= 4 is 67.1 Å². The van der Waals surface area contributed by atoms with Gasteiger partial charge in [0, 0.05) is 11.0 Å². The summed E-state index contributed by atoms with van der Waals surface area (Å²) in [4.78, 5) is 33.6. The lowest BCUT2D eigenvalue weighted by Crippen LogP contribution is -2.41. The number of carbonyl (C=O) groups excluding carboxylic acids is 3. The summed E-state index contributed by atoms with van der Waals surface area (Å²) in [5.41, 5.74) is 0. The SMILES string of the molecule is CCNC(=O)NC(=O)COC(=O)CNS(=O)(=O)c1c(Cl)cc(Br)cc1Cl. The molecule has 13 heteroatoms. The Morgan fingerprint density at radius 3 is 2.31 bits per heavy atom. The maximum atomic E-state index is 12.2. The van der Waals surface area contributed by atoms with E-state index in [9.17, 15) is 22.8 Å². The van der Waals surface area contributed by atoms with Gasteiger partial charge < -0.3 is 10.1 Å². The summed E-state index contributed by atoms with van der Waals surface area (Å²) in [6.07, 6.45) is 0. The van der Waals surface area contributed by atoms with E-state index in [2.05, 4.69) is 26.0 Å². The van der Waals surface area contributed by atoms with Gasteiger partial charge >= 0.3 is 12.0 Å². The standard InChI is InChI=1S/C13H14BrCl2N3O6S/c1-2-17-13(22)19-10(20)6-25-11(21)5-18-26(23,24)12-8(15)3-7(14)4-9(12)16/h3-4,18H,2,5-6H2,1H3,(H2,17,19,20,22). The van der Waals surface area contributed by atoms with Crippen LogP contribution in [0, 0.1) is 0 Å². The van der Waals surface area contributed by atoms with Gasteiger partial charge in [-0.3, -0.25) is 14.9 Å². The number of amides is 3. The Morgan fingerprint density at radius 1 is 1.19 bits per heavy atom. The molecule has 0 aliphatic rings. The maximum Gasteiger partial charge on any atom is 0.321 e. The molecule has 9 nitrogen and oxygen atoms in total. The van der Waals surface area contributed by atoms with E-state index >= 15 is 0 Å². The van der Waals surface area contributed by atoms with Gasteiger partial charge in [0.25, 0.3) is 5.91 Å². The number of hydrogen-bond donors (Lipinski definition) is 3. The lowest BCUT2D eigenvalue weighted by atomic mass is 10.4. The first-order chi connectivity index (χ1) is 12.1. The van der Waals surface area contributed by atoms with E-state index in [1.54, 1.807) is 6.92 Å². The number of urea groups is 1. The normalized spacial score (nSPS) is 10.9. The average molecular weight is 491 g/mol. The van der Waals surface area contributed by atoms with Gasteiger partial charge in [-0.25, -0.2) is 13.2 Å². The zero-order valence-corrected chi connectivity index (χ0v) is 17.2. The van der Waals surface area contributed by atoms with E-state index in [0.29, 0.717) is 11.0 Å². The third-order valence-electron chi connectivity index (χ3n) is 2.59. The highest BCUT2D eigenvalue weighted by Crippen LogP contribution is 2.32. The summed E-state index contributed by atoms with van der Waals surface area (Å²) in [5, 5.41) is 3.93. The summed E-state index contributed by atoms with van der Waals surface area (Å²) >= 11 is 14.9. The summed E-state index contributed by atoms with van der Waals surface area (Å²) in [6.45, 7) is 0.443. The lowest BCUT2D eigenvalue weighted by molar-refractivity contribution is -0.147. The fourth-order valence-corrected chi connectivity index (χ4v) is 4.48. The van der Waals surface area contributed by atoms with Gasteiger partial charge in [-0.1, -0.05) is 39.1 Å². The van der Waals surface area contributed by atoms with Gasteiger partial charge in [0.15, 0.2) is 6.61 Å². The van der Waals surface area contributed by atoms with Gasteiger partial charge in [0.2, 0.25) is 10.0 Å². The molecule has 144 valence electrons. The Labute approximate surface area is 167 Å². The molecule has 3 amide bonds. The van der Waals surface area contributed by atoms with Crippen molar-refractivity contribution in [2.75, 3.05) is 19.7 Å². The number of halogens is 3.